The lowest BCUT2D eigenvalue weighted by Gasteiger charge is -2.17. The van der Waals surface area contributed by atoms with Crippen LogP contribution in [0.1, 0.15) is 0 Å². The van der Waals surface area contributed by atoms with E-state index in [-0.39, 0.29) is 0 Å². The Morgan fingerprint density at radius 1 is 0.684 bits per heavy atom. The third-order valence-corrected chi connectivity index (χ3v) is 2.36. The van der Waals surface area contributed by atoms with E-state index in [1.165, 1.54) is 0 Å². The molecule has 0 atom stereocenters. The van der Waals surface area contributed by atoms with Gasteiger partial charge in [0.05, 0.1) is 0 Å². The molecule has 0 saturated carbocycles. The Labute approximate surface area is 113 Å². The van der Waals surface area contributed by atoms with Crippen molar-refractivity contribution in [2.45, 2.75) is 0 Å². The zero-order chi connectivity index (χ0) is 14.2. The Balaban J connectivity index is 3.28. The standard InChI is InChI=1S/C11H23N5O3/c17-9-14-4-3-12-1-2-13-5-7-16(11-19)8-6-15-10-18/h9-13H,1-8H2,(H,14,17)(H,15,18). The van der Waals surface area contributed by atoms with Gasteiger partial charge >= 0.3 is 0 Å². The normalized spacial score (nSPS) is 9.68. The highest BCUT2D eigenvalue weighted by atomic mass is 16.1. The minimum Gasteiger partial charge on any atom is -0.357 e. The molecule has 0 radical (unpaired) electrons. The van der Waals surface area contributed by atoms with Gasteiger partial charge in [0.15, 0.2) is 0 Å². The zero-order valence-corrected chi connectivity index (χ0v) is 11.1. The fourth-order valence-electron chi connectivity index (χ4n) is 1.35. The molecule has 0 rings (SSSR count). The Kier molecular flexibility index (Phi) is 13.1. The molecular weight excluding hydrogens is 250 g/mol. The molecule has 0 aliphatic rings. The Bertz CT molecular complexity index is 240. The third-order valence-electron chi connectivity index (χ3n) is 2.36. The van der Waals surface area contributed by atoms with Crippen LogP contribution in [0.2, 0.25) is 0 Å². The minimum absolute atomic E-state index is 0.466. The minimum atomic E-state index is 0.466. The summed E-state index contributed by atoms with van der Waals surface area (Å²) in [6.45, 7) is 5.23. The van der Waals surface area contributed by atoms with Gasteiger partial charge in [0, 0.05) is 52.4 Å². The number of rotatable bonds is 15. The van der Waals surface area contributed by atoms with Crippen molar-refractivity contribution in [3.05, 3.63) is 0 Å². The van der Waals surface area contributed by atoms with Crippen molar-refractivity contribution in [1.29, 1.82) is 0 Å². The van der Waals surface area contributed by atoms with Crippen LogP contribution in [0.4, 0.5) is 0 Å². The van der Waals surface area contributed by atoms with Crippen LogP contribution in [0.5, 0.6) is 0 Å². The van der Waals surface area contributed by atoms with Crippen LogP contribution in [0.3, 0.4) is 0 Å². The van der Waals surface area contributed by atoms with Crippen molar-refractivity contribution in [1.82, 2.24) is 26.2 Å². The molecule has 110 valence electrons. The first-order valence-electron chi connectivity index (χ1n) is 6.30. The van der Waals surface area contributed by atoms with E-state index in [2.05, 4.69) is 21.3 Å². The average molecular weight is 273 g/mol. The van der Waals surface area contributed by atoms with Gasteiger partial charge in [-0.05, 0) is 0 Å². The predicted octanol–water partition coefficient (Wildman–Crippen LogP) is -2.88. The fourth-order valence-corrected chi connectivity index (χ4v) is 1.35. The summed E-state index contributed by atoms with van der Waals surface area (Å²) in [5, 5.41) is 11.4. The summed E-state index contributed by atoms with van der Waals surface area (Å²) in [6.07, 6.45) is 2.07. The van der Waals surface area contributed by atoms with Crippen molar-refractivity contribution in [2.24, 2.45) is 0 Å². The summed E-state index contributed by atoms with van der Waals surface area (Å²) in [6, 6.07) is 0. The van der Waals surface area contributed by atoms with Crippen molar-refractivity contribution < 1.29 is 14.4 Å². The molecule has 0 spiro atoms. The van der Waals surface area contributed by atoms with Crippen molar-refractivity contribution >= 4 is 19.2 Å². The van der Waals surface area contributed by atoms with Gasteiger partial charge in [-0.15, -0.1) is 0 Å². The van der Waals surface area contributed by atoms with Crippen LogP contribution in [0.15, 0.2) is 0 Å². The molecular formula is C11H23N5O3. The second-order valence-corrected chi connectivity index (χ2v) is 3.79. The Hall–Kier alpha value is -1.67. The van der Waals surface area contributed by atoms with Crippen molar-refractivity contribution in [3.8, 4) is 0 Å². The van der Waals surface area contributed by atoms with Gasteiger partial charge in [-0.2, -0.15) is 0 Å². The number of hydrogen-bond donors (Lipinski definition) is 4. The number of amides is 3. The summed E-state index contributed by atoms with van der Waals surface area (Å²) < 4.78 is 0. The maximum absolute atomic E-state index is 10.7. The summed E-state index contributed by atoms with van der Waals surface area (Å²) >= 11 is 0. The van der Waals surface area contributed by atoms with Gasteiger partial charge in [-0.25, -0.2) is 0 Å². The first-order valence-corrected chi connectivity index (χ1v) is 6.30. The number of carbonyl (C=O) groups is 3. The number of carbonyl (C=O) groups excluding carboxylic acids is 3. The van der Waals surface area contributed by atoms with Gasteiger partial charge < -0.3 is 26.2 Å². The van der Waals surface area contributed by atoms with E-state index < -0.39 is 0 Å². The van der Waals surface area contributed by atoms with Gasteiger partial charge in [-0.1, -0.05) is 0 Å². The Morgan fingerprint density at radius 2 is 1.21 bits per heavy atom. The third kappa shape index (κ3) is 12.6. The molecule has 3 amide bonds. The number of hydrogen-bond acceptors (Lipinski definition) is 5. The van der Waals surface area contributed by atoms with Crippen LogP contribution >= 0.6 is 0 Å². The molecule has 0 aliphatic heterocycles. The van der Waals surface area contributed by atoms with E-state index in [1.807, 2.05) is 0 Å². The SMILES string of the molecule is O=CNCCNCCNCCN(C=O)CCNC=O. The van der Waals surface area contributed by atoms with E-state index in [1.54, 1.807) is 4.90 Å². The largest absolute Gasteiger partial charge is 0.357 e. The molecule has 0 bridgehead atoms. The van der Waals surface area contributed by atoms with Crippen LogP contribution in [0, 0.1) is 0 Å². The molecule has 0 aliphatic carbocycles. The molecule has 0 aromatic rings. The van der Waals surface area contributed by atoms with E-state index in [0.717, 1.165) is 26.0 Å². The van der Waals surface area contributed by atoms with Gasteiger partial charge in [0.2, 0.25) is 19.2 Å². The molecule has 0 unspecified atom stereocenters. The second kappa shape index (κ2) is 14.4. The molecule has 0 fully saturated rings. The summed E-state index contributed by atoms with van der Waals surface area (Å²) in [7, 11) is 0. The van der Waals surface area contributed by atoms with Gasteiger partial charge in [0.25, 0.3) is 0 Å². The lowest BCUT2D eigenvalue weighted by Crippen LogP contribution is -2.38. The maximum Gasteiger partial charge on any atom is 0.209 e. The summed E-state index contributed by atoms with van der Waals surface area (Å²) in [5.41, 5.74) is 0. The van der Waals surface area contributed by atoms with E-state index in [0.29, 0.717) is 45.5 Å². The fraction of sp³-hybridized carbons (Fsp3) is 0.727. The molecule has 0 heterocycles. The van der Waals surface area contributed by atoms with Crippen LogP contribution < -0.4 is 21.3 Å². The summed E-state index contributed by atoms with van der Waals surface area (Å²) in [4.78, 5) is 32.3. The maximum atomic E-state index is 10.7. The van der Waals surface area contributed by atoms with Gasteiger partial charge in [-0.3, -0.25) is 14.4 Å². The smallest absolute Gasteiger partial charge is 0.209 e. The van der Waals surface area contributed by atoms with Crippen molar-refractivity contribution in [3.63, 3.8) is 0 Å². The van der Waals surface area contributed by atoms with Gasteiger partial charge in [0.1, 0.15) is 0 Å². The predicted molar refractivity (Wildman–Crippen MR) is 71.5 cm³/mol. The highest BCUT2D eigenvalue weighted by Gasteiger charge is 1.99. The lowest BCUT2D eigenvalue weighted by molar-refractivity contribution is -0.118. The molecule has 0 aromatic heterocycles. The Morgan fingerprint density at radius 3 is 1.84 bits per heavy atom. The molecule has 8 heteroatoms. The lowest BCUT2D eigenvalue weighted by atomic mass is 10.4. The first kappa shape index (κ1) is 17.3. The molecule has 8 nitrogen and oxygen atoms in total. The second-order valence-electron chi connectivity index (χ2n) is 3.79. The average Bonchev–Trinajstić information content (AvgIpc) is 2.43. The topological polar surface area (TPSA) is 103 Å². The van der Waals surface area contributed by atoms with Crippen LogP contribution in [-0.4, -0.2) is 76.5 Å². The highest BCUT2D eigenvalue weighted by molar-refractivity contribution is 5.48. The van der Waals surface area contributed by atoms with Crippen LogP contribution in [0.25, 0.3) is 0 Å². The number of nitrogens with one attached hydrogen (secondary N) is 4. The first-order chi connectivity index (χ1) is 9.35. The van der Waals surface area contributed by atoms with E-state index >= 15 is 0 Å². The van der Waals surface area contributed by atoms with E-state index in [9.17, 15) is 14.4 Å². The van der Waals surface area contributed by atoms with Crippen molar-refractivity contribution in [2.75, 3.05) is 52.4 Å². The molecule has 0 saturated heterocycles. The summed E-state index contributed by atoms with van der Waals surface area (Å²) in [5.74, 6) is 0. The van der Waals surface area contributed by atoms with Crippen LogP contribution in [-0.2, 0) is 14.4 Å². The van der Waals surface area contributed by atoms with E-state index in [4.69, 9.17) is 0 Å². The number of nitrogens with zero attached hydrogens (tertiary/aromatic N) is 1. The quantitative estimate of drug-likeness (QED) is 0.190. The monoisotopic (exact) mass is 273 g/mol. The zero-order valence-electron chi connectivity index (χ0n) is 11.1. The highest BCUT2D eigenvalue weighted by Crippen LogP contribution is 1.79. The molecule has 0 aromatic carbocycles. The molecule has 4 N–H and O–H groups in total. The molecule has 19 heavy (non-hydrogen) atoms.